The molecular formula is C10H19N3O4. The van der Waals surface area contributed by atoms with E-state index in [2.05, 4.69) is 0 Å². The van der Waals surface area contributed by atoms with Crippen LogP contribution in [0, 0.1) is 0 Å². The van der Waals surface area contributed by atoms with Gasteiger partial charge in [0.2, 0.25) is 11.8 Å². The average Bonchev–Trinajstić information content (AvgIpc) is 2.13. The Morgan fingerprint density at radius 3 is 2.06 bits per heavy atom. The summed E-state index contributed by atoms with van der Waals surface area (Å²) in [4.78, 5) is 35.7. The quantitative estimate of drug-likeness (QED) is 0.581. The van der Waals surface area contributed by atoms with Crippen molar-refractivity contribution in [2.75, 3.05) is 26.7 Å². The average molecular weight is 245 g/mol. The molecule has 0 saturated carbocycles. The minimum Gasteiger partial charge on any atom is -0.480 e. The molecular weight excluding hydrogens is 226 g/mol. The fourth-order valence-electron chi connectivity index (χ4n) is 1.17. The van der Waals surface area contributed by atoms with Crippen LogP contribution in [0.4, 0.5) is 0 Å². The maximum atomic E-state index is 11.7. The third-order valence-corrected chi connectivity index (χ3v) is 2.27. The Morgan fingerprint density at radius 1 is 1.18 bits per heavy atom. The van der Waals surface area contributed by atoms with Gasteiger partial charge in [0.15, 0.2) is 0 Å². The highest BCUT2D eigenvalue weighted by Crippen LogP contribution is 1.97. The number of hydrogen-bond donors (Lipinski definition) is 2. The first-order valence-electron chi connectivity index (χ1n) is 5.22. The van der Waals surface area contributed by atoms with E-state index in [4.69, 9.17) is 10.8 Å². The van der Waals surface area contributed by atoms with Crippen molar-refractivity contribution in [3.8, 4) is 0 Å². The molecule has 0 bridgehead atoms. The number of primary amides is 1. The van der Waals surface area contributed by atoms with Gasteiger partial charge in [0.25, 0.3) is 0 Å². The van der Waals surface area contributed by atoms with E-state index in [0.29, 0.717) is 0 Å². The first-order chi connectivity index (χ1) is 7.73. The van der Waals surface area contributed by atoms with Crippen molar-refractivity contribution >= 4 is 17.8 Å². The van der Waals surface area contributed by atoms with Crippen LogP contribution in [0.15, 0.2) is 0 Å². The van der Waals surface area contributed by atoms with Gasteiger partial charge in [-0.1, -0.05) is 0 Å². The maximum absolute atomic E-state index is 11.7. The number of carbonyl (C=O) groups is 3. The highest BCUT2D eigenvalue weighted by atomic mass is 16.4. The molecule has 0 aliphatic carbocycles. The molecule has 7 heteroatoms. The van der Waals surface area contributed by atoms with Crippen LogP contribution in [0.3, 0.4) is 0 Å². The standard InChI is InChI=1S/C10H19N3O4/c1-7(2)12(3)9(15)5-13(4-8(11)14)6-10(16)17/h7H,4-6H2,1-3H3,(H2,11,14)(H,16,17). The maximum Gasteiger partial charge on any atom is 0.317 e. The van der Waals surface area contributed by atoms with Gasteiger partial charge in [-0.3, -0.25) is 19.3 Å². The van der Waals surface area contributed by atoms with Crippen LogP contribution < -0.4 is 5.73 Å². The Bertz CT molecular complexity index is 288. The van der Waals surface area contributed by atoms with Gasteiger partial charge in [-0.15, -0.1) is 0 Å². The molecule has 7 nitrogen and oxygen atoms in total. The zero-order valence-corrected chi connectivity index (χ0v) is 10.3. The summed E-state index contributed by atoms with van der Waals surface area (Å²) >= 11 is 0. The summed E-state index contributed by atoms with van der Waals surface area (Å²) in [5, 5.41) is 8.64. The molecule has 0 aromatic rings. The SMILES string of the molecule is CC(C)N(C)C(=O)CN(CC(N)=O)CC(=O)O. The summed E-state index contributed by atoms with van der Waals surface area (Å²) in [6.07, 6.45) is 0. The second-order valence-electron chi connectivity index (χ2n) is 4.10. The van der Waals surface area contributed by atoms with E-state index in [-0.39, 0.29) is 31.6 Å². The van der Waals surface area contributed by atoms with Crippen molar-refractivity contribution in [3.05, 3.63) is 0 Å². The summed E-state index contributed by atoms with van der Waals surface area (Å²) < 4.78 is 0. The van der Waals surface area contributed by atoms with E-state index < -0.39 is 11.9 Å². The van der Waals surface area contributed by atoms with E-state index in [1.54, 1.807) is 7.05 Å². The number of nitrogens with zero attached hydrogens (tertiary/aromatic N) is 2. The molecule has 0 heterocycles. The van der Waals surface area contributed by atoms with Crippen molar-refractivity contribution in [3.63, 3.8) is 0 Å². The minimum absolute atomic E-state index is 0.0164. The Labute approximate surface area is 100 Å². The summed E-state index contributed by atoms with van der Waals surface area (Å²) in [7, 11) is 1.62. The first kappa shape index (κ1) is 15.4. The number of amides is 2. The lowest BCUT2D eigenvalue weighted by atomic mass is 10.3. The summed E-state index contributed by atoms with van der Waals surface area (Å²) in [6, 6.07) is 0.0164. The molecule has 0 atom stereocenters. The van der Waals surface area contributed by atoms with Crippen molar-refractivity contribution in [1.29, 1.82) is 0 Å². The Morgan fingerprint density at radius 2 is 1.71 bits per heavy atom. The van der Waals surface area contributed by atoms with Crippen LogP contribution in [0.5, 0.6) is 0 Å². The predicted octanol–water partition coefficient (Wildman–Crippen LogP) is -1.27. The fourth-order valence-corrected chi connectivity index (χ4v) is 1.17. The van der Waals surface area contributed by atoms with Gasteiger partial charge < -0.3 is 15.7 Å². The smallest absolute Gasteiger partial charge is 0.317 e. The predicted molar refractivity (Wildman–Crippen MR) is 61.2 cm³/mol. The van der Waals surface area contributed by atoms with Gasteiger partial charge in [-0.05, 0) is 13.8 Å². The van der Waals surface area contributed by atoms with Crippen LogP contribution in [0.2, 0.25) is 0 Å². The molecule has 0 fully saturated rings. The molecule has 17 heavy (non-hydrogen) atoms. The van der Waals surface area contributed by atoms with E-state index >= 15 is 0 Å². The number of likely N-dealkylation sites (N-methyl/N-ethyl adjacent to an activating group) is 1. The number of carbonyl (C=O) groups excluding carboxylic acids is 2. The molecule has 0 radical (unpaired) electrons. The van der Waals surface area contributed by atoms with E-state index in [1.165, 1.54) is 9.80 Å². The largest absolute Gasteiger partial charge is 0.480 e. The lowest BCUT2D eigenvalue weighted by Gasteiger charge is -2.25. The van der Waals surface area contributed by atoms with E-state index in [9.17, 15) is 14.4 Å². The van der Waals surface area contributed by atoms with Crippen molar-refractivity contribution in [1.82, 2.24) is 9.80 Å². The third kappa shape index (κ3) is 6.52. The Kier molecular flexibility index (Phi) is 6.19. The summed E-state index contributed by atoms with van der Waals surface area (Å²) in [5.74, 6) is -2.01. The fraction of sp³-hybridized carbons (Fsp3) is 0.700. The highest BCUT2D eigenvalue weighted by molar-refractivity contribution is 5.81. The van der Waals surface area contributed by atoms with Crippen LogP contribution >= 0.6 is 0 Å². The van der Waals surface area contributed by atoms with Gasteiger partial charge in [0.05, 0.1) is 19.6 Å². The van der Waals surface area contributed by atoms with Crippen molar-refractivity contribution in [2.45, 2.75) is 19.9 Å². The molecule has 0 aromatic carbocycles. The molecule has 0 aliphatic heterocycles. The number of rotatable bonds is 7. The molecule has 0 aliphatic rings. The lowest BCUT2D eigenvalue weighted by molar-refractivity contribution is -0.140. The molecule has 0 rings (SSSR count). The third-order valence-electron chi connectivity index (χ3n) is 2.27. The van der Waals surface area contributed by atoms with Crippen molar-refractivity contribution in [2.24, 2.45) is 5.73 Å². The zero-order chi connectivity index (χ0) is 13.6. The highest BCUT2D eigenvalue weighted by Gasteiger charge is 2.19. The van der Waals surface area contributed by atoms with Gasteiger partial charge in [-0.25, -0.2) is 0 Å². The number of nitrogens with two attached hydrogens (primary N) is 1. The normalized spacial score (nSPS) is 10.6. The summed E-state index contributed by atoms with van der Waals surface area (Å²) in [6.45, 7) is 2.91. The number of aliphatic carboxylic acids is 1. The Balaban J connectivity index is 4.46. The van der Waals surface area contributed by atoms with Gasteiger partial charge >= 0.3 is 5.97 Å². The number of carboxylic acids is 1. The van der Waals surface area contributed by atoms with Crippen LogP contribution in [0.1, 0.15) is 13.8 Å². The van der Waals surface area contributed by atoms with Gasteiger partial charge in [-0.2, -0.15) is 0 Å². The molecule has 0 unspecified atom stereocenters. The minimum atomic E-state index is -1.11. The number of carboxylic acid groups (broad SMARTS) is 1. The second-order valence-corrected chi connectivity index (χ2v) is 4.10. The lowest BCUT2D eigenvalue weighted by Crippen LogP contribution is -2.45. The van der Waals surface area contributed by atoms with Crippen LogP contribution in [-0.4, -0.2) is 65.4 Å². The topological polar surface area (TPSA) is 104 Å². The molecule has 0 aromatic heterocycles. The zero-order valence-electron chi connectivity index (χ0n) is 10.3. The van der Waals surface area contributed by atoms with E-state index in [1.807, 2.05) is 13.8 Å². The van der Waals surface area contributed by atoms with Crippen LogP contribution in [0.25, 0.3) is 0 Å². The molecule has 0 saturated heterocycles. The molecule has 2 amide bonds. The Hall–Kier alpha value is -1.63. The van der Waals surface area contributed by atoms with Crippen molar-refractivity contribution < 1.29 is 19.5 Å². The van der Waals surface area contributed by atoms with Gasteiger partial charge in [0, 0.05) is 13.1 Å². The van der Waals surface area contributed by atoms with Crippen LogP contribution in [-0.2, 0) is 14.4 Å². The summed E-state index contributed by atoms with van der Waals surface area (Å²) in [5.41, 5.74) is 4.98. The van der Waals surface area contributed by atoms with Gasteiger partial charge in [0.1, 0.15) is 0 Å². The molecule has 98 valence electrons. The molecule has 0 spiro atoms. The molecule has 3 N–H and O–H groups in total. The van der Waals surface area contributed by atoms with E-state index in [0.717, 1.165) is 0 Å². The number of hydrogen-bond acceptors (Lipinski definition) is 4. The monoisotopic (exact) mass is 245 g/mol. The second kappa shape index (κ2) is 6.85. The first-order valence-corrected chi connectivity index (χ1v) is 5.22.